The number of nitrogens with zero attached hydrogens (tertiary/aromatic N) is 2. The Morgan fingerprint density at radius 3 is 2.53 bits per heavy atom. The van der Waals surface area contributed by atoms with E-state index in [-0.39, 0.29) is 17.7 Å². The van der Waals surface area contributed by atoms with Crippen LogP contribution in [0.5, 0.6) is 0 Å². The minimum atomic E-state index is -0.0339. The Morgan fingerprint density at radius 2 is 1.80 bits per heavy atom. The van der Waals surface area contributed by atoms with Crippen molar-refractivity contribution < 1.29 is 4.79 Å². The second-order valence-corrected chi connectivity index (χ2v) is 7.61. The van der Waals surface area contributed by atoms with Crippen LogP contribution in [-0.4, -0.2) is 10.9 Å². The highest BCUT2D eigenvalue weighted by Crippen LogP contribution is 2.37. The lowest BCUT2D eigenvalue weighted by molar-refractivity contribution is -0.118. The Labute approximate surface area is 177 Å². The van der Waals surface area contributed by atoms with Gasteiger partial charge < -0.3 is 10.2 Å². The summed E-state index contributed by atoms with van der Waals surface area (Å²) in [6.07, 6.45) is 10.4. The van der Waals surface area contributed by atoms with Crippen molar-refractivity contribution in [1.29, 1.82) is 0 Å². The van der Waals surface area contributed by atoms with Gasteiger partial charge in [-0.2, -0.15) is 0 Å². The highest BCUT2D eigenvalue weighted by Gasteiger charge is 2.20. The SMILES string of the molecule is CC(C)C(=O)Nc1ccc(/C=C/C2C=CN(c3ccccn3)c3ccccc32)cc1. The fourth-order valence-electron chi connectivity index (χ4n) is 3.39. The average molecular weight is 396 g/mol. The third kappa shape index (κ3) is 4.33. The molecule has 1 unspecified atom stereocenters. The number of amides is 1. The molecule has 150 valence electrons. The number of fused-ring (bicyclic) bond motifs is 1. The van der Waals surface area contributed by atoms with Crippen molar-refractivity contribution >= 4 is 29.2 Å². The molecule has 1 aliphatic heterocycles. The molecule has 1 aromatic heterocycles. The molecular formula is C26H25N3O. The van der Waals surface area contributed by atoms with E-state index in [1.807, 2.05) is 62.5 Å². The number of allylic oxidation sites excluding steroid dienone is 2. The van der Waals surface area contributed by atoms with E-state index in [0.29, 0.717) is 0 Å². The van der Waals surface area contributed by atoms with Crippen molar-refractivity contribution in [2.75, 3.05) is 10.2 Å². The molecule has 0 saturated heterocycles. The monoisotopic (exact) mass is 395 g/mol. The van der Waals surface area contributed by atoms with Crippen LogP contribution in [0.1, 0.15) is 30.9 Å². The fourth-order valence-corrected chi connectivity index (χ4v) is 3.39. The first-order chi connectivity index (χ1) is 14.6. The van der Waals surface area contributed by atoms with E-state index in [0.717, 1.165) is 22.8 Å². The summed E-state index contributed by atoms with van der Waals surface area (Å²) in [6.45, 7) is 3.77. The minimum absolute atomic E-state index is 0.0275. The van der Waals surface area contributed by atoms with Gasteiger partial charge in [0.2, 0.25) is 5.91 Å². The van der Waals surface area contributed by atoms with Crippen LogP contribution in [0.3, 0.4) is 0 Å². The molecule has 0 spiro atoms. The number of pyridine rings is 1. The van der Waals surface area contributed by atoms with Crippen LogP contribution in [0.25, 0.3) is 6.08 Å². The Bertz CT molecular complexity index is 1070. The molecule has 0 fully saturated rings. The van der Waals surface area contributed by atoms with Crippen molar-refractivity contribution in [2.24, 2.45) is 5.92 Å². The lowest BCUT2D eigenvalue weighted by Gasteiger charge is -2.28. The number of hydrogen-bond donors (Lipinski definition) is 1. The number of carbonyl (C=O) groups is 1. The van der Waals surface area contributed by atoms with Crippen LogP contribution in [-0.2, 0) is 4.79 Å². The van der Waals surface area contributed by atoms with Gasteiger partial charge in [-0.3, -0.25) is 4.79 Å². The van der Waals surface area contributed by atoms with E-state index < -0.39 is 0 Å². The molecule has 0 aliphatic carbocycles. The third-order valence-electron chi connectivity index (χ3n) is 5.09. The molecule has 0 saturated carbocycles. The largest absolute Gasteiger partial charge is 0.326 e. The predicted molar refractivity (Wildman–Crippen MR) is 124 cm³/mol. The molecule has 0 radical (unpaired) electrons. The second-order valence-electron chi connectivity index (χ2n) is 7.61. The van der Waals surface area contributed by atoms with Crippen molar-refractivity contribution in [3.05, 3.63) is 102 Å². The molecule has 4 rings (SSSR count). The first-order valence-corrected chi connectivity index (χ1v) is 10.2. The second kappa shape index (κ2) is 8.78. The fraction of sp³-hybridized carbons (Fsp3) is 0.154. The molecular weight excluding hydrogens is 370 g/mol. The highest BCUT2D eigenvalue weighted by atomic mass is 16.1. The number of aromatic nitrogens is 1. The molecule has 2 aromatic carbocycles. The average Bonchev–Trinajstić information content (AvgIpc) is 2.79. The van der Waals surface area contributed by atoms with Crippen LogP contribution >= 0.6 is 0 Å². The lowest BCUT2D eigenvalue weighted by atomic mass is 9.93. The van der Waals surface area contributed by atoms with Gasteiger partial charge in [0.05, 0.1) is 5.69 Å². The summed E-state index contributed by atoms with van der Waals surface area (Å²) in [4.78, 5) is 18.4. The number of anilines is 3. The van der Waals surface area contributed by atoms with Crippen molar-refractivity contribution in [1.82, 2.24) is 4.98 Å². The topological polar surface area (TPSA) is 45.2 Å². The summed E-state index contributed by atoms with van der Waals surface area (Å²) in [7, 11) is 0. The smallest absolute Gasteiger partial charge is 0.226 e. The van der Waals surface area contributed by atoms with Crippen LogP contribution in [0.2, 0.25) is 0 Å². The first-order valence-electron chi connectivity index (χ1n) is 10.2. The van der Waals surface area contributed by atoms with Crippen molar-refractivity contribution in [3.8, 4) is 0 Å². The summed E-state index contributed by atoms with van der Waals surface area (Å²) in [6, 6.07) is 22.3. The number of para-hydroxylation sites is 1. The number of rotatable bonds is 5. The molecule has 2 heterocycles. The third-order valence-corrected chi connectivity index (χ3v) is 5.09. The van der Waals surface area contributed by atoms with Crippen LogP contribution in [0.4, 0.5) is 17.2 Å². The van der Waals surface area contributed by atoms with E-state index in [4.69, 9.17) is 0 Å². The zero-order valence-corrected chi connectivity index (χ0v) is 17.2. The molecule has 1 N–H and O–H groups in total. The zero-order valence-electron chi connectivity index (χ0n) is 17.2. The van der Waals surface area contributed by atoms with Gasteiger partial charge in [-0.15, -0.1) is 0 Å². The standard InChI is InChI=1S/C26H25N3O/c1-19(2)26(30)28-22-14-11-20(12-15-22)10-13-21-16-18-29(25-9-5-6-17-27-25)24-8-4-3-7-23(21)24/h3-19,21H,1-2H3,(H,28,30)/b13-10+. The maximum Gasteiger partial charge on any atom is 0.226 e. The zero-order chi connectivity index (χ0) is 20.9. The summed E-state index contributed by atoms with van der Waals surface area (Å²) in [5.41, 5.74) is 4.29. The molecule has 1 atom stereocenters. The van der Waals surface area contributed by atoms with E-state index >= 15 is 0 Å². The molecule has 4 nitrogen and oxygen atoms in total. The number of benzene rings is 2. The highest BCUT2D eigenvalue weighted by molar-refractivity contribution is 5.92. The number of nitrogens with one attached hydrogen (secondary N) is 1. The molecule has 30 heavy (non-hydrogen) atoms. The van der Waals surface area contributed by atoms with Gasteiger partial charge in [-0.25, -0.2) is 4.98 Å². The van der Waals surface area contributed by atoms with E-state index in [1.54, 1.807) is 0 Å². The van der Waals surface area contributed by atoms with Gasteiger partial charge in [0.15, 0.2) is 0 Å². The lowest BCUT2D eigenvalue weighted by Crippen LogP contribution is -2.17. The Balaban J connectivity index is 1.53. The van der Waals surface area contributed by atoms with Gasteiger partial charge in [0, 0.05) is 29.9 Å². The van der Waals surface area contributed by atoms with Gasteiger partial charge in [0.25, 0.3) is 0 Å². The quantitative estimate of drug-likeness (QED) is 0.564. The number of hydrogen-bond acceptors (Lipinski definition) is 3. The van der Waals surface area contributed by atoms with Crippen molar-refractivity contribution in [3.63, 3.8) is 0 Å². The summed E-state index contributed by atoms with van der Waals surface area (Å²) < 4.78 is 0. The maximum absolute atomic E-state index is 11.8. The van der Waals surface area contributed by atoms with Gasteiger partial charge in [0.1, 0.15) is 5.82 Å². The number of carbonyl (C=O) groups excluding carboxylic acids is 1. The minimum Gasteiger partial charge on any atom is -0.326 e. The Morgan fingerprint density at radius 1 is 1.03 bits per heavy atom. The van der Waals surface area contributed by atoms with Crippen LogP contribution in [0, 0.1) is 5.92 Å². The van der Waals surface area contributed by atoms with Gasteiger partial charge in [-0.05, 0) is 41.5 Å². The van der Waals surface area contributed by atoms with Crippen LogP contribution < -0.4 is 10.2 Å². The summed E-state index contributed by atoms with van der Waals surface area (Å²) in [5.74, 6) is 1.08. The molecule has 0 bridgehead atoms. The van der Waals surface area contributed by atoms with E-state index in [2.05, 4.69) is 63.9 Å². The van der Waals surface area contributed by atoms with Gasteiger partial charge >= 0.3 is 0 Å². The predicted octanol–water partition coefficient (Wildman–Crippen LogP) is 6.14. The van der Waals surface area contributed by atoms with Gasteiger partial charge in [-0.1, -0.05) is 68.5 Å². The molecule has 4 heteroatoms. The van der Waals surface area contributed by atoms with Crippen LogP contribution in [0.15, 0.2) is 91.3 Å². The molecule has 1 amide bonds. The van der Waals surface area contributed by atoms with Crippen molar-refractivity contribution in [2.45, 2.75) is 19.8 Å². The normalized spacial score (nSPS) is 15.4. The molecule has 1 aliphatic rings. The van der Waals surface area contributed by atoms with E-state index in [1.165, 1.54) is 5.56 Å². The Hall–Kier alpha value is -3.66. The Kier molecular flexibility index (Phi) is 5.75. The first kappa shape index (κ1) is 19.6. The summed E-state index contributed by atoms with van der Waals surface area (Å²) >= 11 is 0. The van der Waals surface area contributed by atoms with E-state index in [9.17, 15) is 4.79 Å². The maximum atomic E-state index is 11.8. The molecule has 3 aromatic rings. The summed E-state index contributed by atoms with van der Waals surface area (Å²) in [5, 5.41) is 2.92.